The summed E-state index contributed by atoms with van der Waals surface area (Å²) in [6.45, 7) is 2.19. The molecule has 1 aromatic rings. The largest absolute Gasteiger partial charge is 0.465 e. The van der Waals surface area contributed by atoms with Crippen molar-refractivity contribution in [2.45, 2.75) is 13.3 Å². The number of methoxy groups -OCH3 is 1. The summed E-state index contributed by atoms with van der Waals surface area (Å²) in [5.41, 5.74) is 6.01. The van der Waals surface area contributed by atoms with Crippen LogP contribution in [0.1, 0.15) is 23.7 Å². The molecule has 0 saturated carbocycles. The predicted octanol–water partition coefficient (Wildman–Crippen LogP) is 2.05. The number of esters is 1. The maximum Gasteiger partial charge on any atom is 0.339 e. The van der Waals surface area contributed by atoms with E-state index in [-0.39, 0.29) is 17.4 Å². The average molecular weight is 285 g/mol. The summed E-state index contributed by atoms with van der Waals surface area (Å²) in [6, 6.07) is 4.59. The highest BCUT2D eigenvalue weighted by molar-refractivity contribution is 6.31. The van der Waals surface area contributed by atoms with E-state index in [0.29, 0.717) is 23.7 Å². The van der Waals surface area contributed by atoms with Gasteiger partial charge in [-0.05, 0) is 31.2 Å². The van der Waals surface area contributed by atoms with Gasteiger partial charge in [-0.2, -0.15) is 0 Å². The summed E-state index contributed by atoms with van der Waals surface area (Å²) in [6.07, 6.45) is 0.569. The first-order valence-electron chi connectivity index (χ1n) is 5.88. The Labute approximate surface area is 117 Å². The summed E-state index contributed by atoms with van der Waals surface area (Å²) in [4.78, 5) is 23.5. The number of amides is 1. The van der Waals surface area contributed by atoms with Gasteiger partial charge in [-0.25, -0.2) is 4.79 Å². The number of anilines is 1. The third kappa shape index (κ3) is 4.22. The Kier molecular flexibility index (Phi) is 5.79. The molecular formula is C13H17ClN2O3. The molecule has 1 rings (SSSR count). The van der Waals surface area contributed by atoms with Gasteiger partial charge in [-0.1, -0.05) is 18.5 Å². The maximum atomic E-state index is 11.9. The molecule has 0 radical (unpaired) electrons. The first kappa shape index (κ1) is 15.5. The first-order chi connectivity index (χ1) is 8.99. The Morgan fingerprint density at radius 1 is 1.47 bits per heavy atom. The lowest BCUT2D eigenvalue weighted by atomic mass is 10.1. The van der Waals surface area contributed by atoms with E-state index in [4.69, 9.17) is 17.3 Å². The van der Waals surface area contributed by atoms with Crippen LogP contribution >= 0.6 is 11.6 Å². The third-order valence-corrected chi connectivity index (χ3v) is 2.93. The molecule has 0 fully saturated rings. The molecule has 0 aliphatic rings. The number of hydrogen-bond donors (Lipinski definition) is 2. The van der Waals surface area contributed by atoms with Crippen LogP contribution in [0.5, 0.6) is 0 Å². The smallest absolute Gasteiger partial charge is 0.339 e. The van der Waals surface area contributed by atoms with Crippen LogP contribution in [0.4, 0.5) is 5.69 Å². The Morgan fingerprint density at radius 3 is 2.74 bits per heavy atom. The monoisotopic (exact) mass is 284 g/mol. The van der Waals surface area contributed by atoms with Gasteiger partial charge in [-0.3, -0.25) is 4.79 Å². The fraction of sp³-hybridized carbons (Fsp3) is 0.385. The van der Waals surface area contributed by atoms with Crippen molar-refractivity contribution in [3.63, 3.8) is 0 Å². The molecule has 0 spiro atoms. The minimum atomic E-state index is -0.529. The number of carbonyl (C=O) groups excluding carboxylic acids is 2. The van der Waals surface area contributed by atoms with Crippen molar-refractivity contribution in [1.82, 2.24) is 0 Å². The van der Waals surface area contributed by atoms with Crippen molar-refractivity contribution in [2.75, 3.05) is 19.0 Å². The van der Waals surface area contributed by atoms with Crippen LogP contribution in [0, 0.1) is 5.92 Å². The van der Waals surface area contributed by atoms with E-state index < -0.39 is 5.97 Å². The fourth-order valence-electron chi connectivity index (χ4n) is 1.54. The summed E-state index contributed by atoms with van der Waals surface area (Å²) in [7, 11) is 1.28. The highest BCUT2D eigenvalue weighted by Crippen LogP contribution is 2.22. The zero-order valence-corrected chi connectivity index (χ0v) is 11.7. The molecular weight excluding hydrogens is 268 g/mol. The molecule has 104 valence electrons. The quantitative estimate of drug-likeness (QED) is 0.811. The third-order valence-electron chi connectivity index (χ3n) is 2.69. The molecule has 1 aromatic carbocycles. The van der Waals surface area contributed by atoms with Gasteiger partial charge in [0.1, 0.15) is 0 Å². The van der Waals surface area contributed by atoms with Gasteiger partial charge in [0.05, 0.1) is 18.4 Å². The SMILES string of the molecule is COC(=O)c1ccc(Cl)cc1NC(=O)C(C)CCN. The van der Waals surface area contributed by atoms with Crippen molar-refractivity contribution in [3.05, 3.63) is 28.8 Å². The lowest BCUT2D eigenvalue weighted by Gasteiger charge is -2.13. The highest BCUT2D eigenvalue weighted by atomic mass is 35.5. The molecule has 3 N–H and O–H groups in total. The second-order valence-electron chi connectivity index (χ2n) is 4.15. The number of ether oxygens (including phenoxy) is 1. The van der Waals surface area contributed by atoms with Gasteiger partial charge in [0.2, 0.25) is 5.91 Å². The van der Waals surface area contributed by atoms with Crippen molar-refractivity contribution in [3.8, 4) is 0 Å². The van der Waals surface area contributed by atoms with Crippen LogP contribution in [-0.2, 0) is 9.53 Å². The summed E-state index contributed by atoms with van der Waals surface area (Å²) in [5, 5.41) is 3.10. The van der Waals surface area contributed by atoms with Crippen LogP contribution in [0.15, 0.2) is 18.2 Å². The number of halogens is 1. The van der Waals surface area contributed by atoms with Crippen LogP contribution in [-0.4, -0.2) is 25.5 Å². The van der Waals surface area contributed by atoms with E-state index in [1.807, 2.05) is 0 Å². The molecule has 0 heterocycles. The molecule has 5 nitrogen and oxygen atoms in total. The van der Waals surface area contributed by atoms with Gasteiger partial charge < -0.3 is 15.8 Å². The molecule has 0 aliphatic carbocycles. The van der Waals surface area contributed by atoms with Gasteiger partial charge in [-0.15, -0.1) is 0 Å². The number of nitrogens with two attached hydrogens (primary N) is 1. The van der Waals surface area contributed by atoms with Gasteiger partial charge in [0, 0.05) is 10.9 Å². The Morgan fingerprint density at radius 2 is 2.16 bits per heavy atom. The van der Waals surface area contributed by atoms with E-state index >= 15 is 0 Å². The maximum absolute atomic E-state index is 11.9. The van der Waals surface area contributed by atoms with E-state index in [0.717, 1.165) is 0 Å². The second kappa shape index (κ2) is 7.11. The standard InChI is InChI=1S/C13H17ClN2O3/c1-8(5-6-15)12(17)16-11-7-9(14)3-4-10(11)13(18)19-2/h3-4,7-8H,5-6,15H2,1-2H3,(H,16,17). The van der Waals surface area contributed by atoms with E-state index in [1.54, 1.807) is 13.0 Å². The first-order valence-corrected chi connectivity index (χ1v) is 6.26. The van der Waals surface area contributed by atoms with Crippen molar-refractivity contribution in [2.24, 2.45) is 11.7 Å². The van der Waals surface area contributed by atoms with Gasteiger partial charge >= 0.3 is 5.97 Å². The summed E-state index contributed by atoms with van der Waals surface area (Å²) in [5.74, 6) is -0.981. The molecule has 1 atom stereocenters. The molecule has 0 aromatic heterocycles. The number of hydrogen-bond acceptors (Lipinski definition) is 4. The van der Waals surface area contributed by atoms with Crippen molar-refractivity contribution in [1.29, 1.82) is 0 Å². The van der Waals surface area contributed by atoms with Crippen LogP contribution in [0.2, 0.25) is 5.02 Å². The normalized spacial score (nSPS) is 11.8. The summed E-state index contributed by atoms with van der Waals surface area (Å²) >= 11 is 5.87. The zero-order chi connectivity index (χ0) is 14.4. The summed E-state index contributed by atoms with van der Waals surface area (Å²) < 4.78 is 4.65. The second-order valence-corrected chi connectivity index (χ2v) is 4.59. The van der Waals surface area contributed by atoms with E-state index in [2.05, 4.69) is 10.1 Å². The lowest BCUT2D eigenvalue weighted by molar-refractivity contribution is -0.119. The van der Waals surface area contributed by atoms with Crippen LogP contribution < -0.4 is 11.1 Å². The predicted molar refractivity (Wildman–Crippen MR) is 74.3 cm³/mol. The van der Waals surface area contributed by atoms with E-state index in [1.165, 1.54) is 19.2 Å². The van der Waals surface area contributed by atoms with Gasteiger partial charge in [0.25, 0.3) is 0 Å². The zero-order valence-electron chi connectivity index (χ0n) is 10.9. The molecule has 0 bridgehead atoms. The number of nitrogens with one attached hydrogen (secondary N) is 1. The fourth-order valence-corrected chi connectivity index (χ4v) is 1.72. The highest BCUT2D eigenvalue weighted by Gasteiger charge is 2.17. The molecule has 6 heteroatoms. The Balaban J connectivity index is 2.96. The molecule has 0 aliphatic heterocycles. The van der Waals surface area contributed by atoms with Crippen molar-refractivity contribution >= 4 is 29.2 Å². The van der Waals surface area contributed by atoms with E-state index in [9.17, 15) is 9.59 Å². The van der Waals surface area contributed by atoms with Crippen molar-refractivity contribution < 1.29 is 14.3 Å². The Hall–Kier alpha value is -1.59. The van der Waals surface area contributed by atoms with Crippen LogP contribution in [0.25, 0.3) is 0 Å². The molecule has 0 saturated heterocycles. The molecule has 19 heavy (non-hydrogen) atoms. The minimum Gasteiger partial charge on any atom is -0.465 e. The number of rotatable bonds is 5. The lowest BCUT2D eigenvalue weighted by Crippen LogP contribution is -2.24. The molecule has 1 unspecified atom stereocenters. The number of carbonyl (C=O) groups is 2. The minimum absolute atomic E-state index is 0.210. The average Bonchev–Trinajstić information content (AvgIpc) is 2.38. The van der Waals surface area contributed by atoms with Gasteiger partial charge in [0.15, 0.2) is 0 Å². The Bertz CT molecular complexity index is 477. The van der Waals surface area contributed by atoms with Crippen LogP contribution in [0.3, 0.4) is 0 Å². The number of benzene rings is 1. The molecule has 1 amide bonds. The topological polar surface area (TPSA) is 81.4 Å².